The number of nitrogens with one attached hydrogen (secondary N) is 1. The highest BCUT2D eigenvalue weighted by molar-refractivity contribution is 5.66. The van der Waals surface area contributed by atoms with Crippen LogP contribution in [0.15, 0.2) is 24.3 Å². The van der Waals surface area contributed by atoms with E-state index in [1.165, 1.54) is 12.1 Å². The minimum absolute atomic E-state index is 0.175. The summed E-state index contributed by atoms with van der Waals surface area (Å²) >= 11 is 0. The molecule has 0 radical (unpaired) electrons. The van der Waals surface area contributed by atoms with Gasteiger partial charge in [-0.05, 0) is 37.1 Å². The molecule has 3 nitrogen and oxygen atoms in total. The predicted molar refractivity (Wildman–Crippen MR) is 73.5 cm³/mol. The lowest BCUT2D eigenvalue weighted by Gasteiger charge is -2.19. The Morgan fingerprint density at radius 3 is 2.58 bits per heavy atom. The van der Waals surface area contributed by atoms with Gasteiger partial charge in [-0.15, -0.1) is 0 Å². The maximum Gasteiger partial charge on any atom is 0.303 e. The fraction of sp³-hybridized carbons (Fsp3) is 0.533. The second-order valence-corrected chi connectivity index (χ2v) is 4.70. The highest BCUT2D eigenvalue weighted by Gasteiger charge is 2.10. The summed E-state index contributed by atoms with van der Waals surface area (Å²) in [5.74, 6) is -1.00. The average Bonchev–Trinajstić information content (AvgIpc) is 2.39. The van der Waals surface area contributed by atoms with Crippen LogP contribution in [0, 0.1) is 5.82 Å². The molecule has 4 heteroatoms. The van der Waals surface area contributed by atoms with Crippen molar-refractivity contribution < 1.29 is 14.3 Å². The quantitative estimate of drug-likeness (QED) is 0.673. The lowest BCUT2D eigenvalue weighted by molar-refractivity contribution is -0.137. The molecule has 0 aliphatic rings. The van der Waals surface area contributed by atoms with Gasteiger partial charge < -0.3 is 10.4 Å². The average molecular weight is 267 g/mol. The SMILES string of the molecule is CCCCC(NCCCC(=O)O)c1ccc(F)cc1. The van der Waals surface area contributed by atoms with Crippen LogP contribution in [-0.2, 0) is 4.79 Å². The number of carboxylic acids is 1. The molecule has 0 heterocycles. The van der Waals surface area contributed by atoms with Crippen LogP contribution >= 0.6 is 0 Å². The van der Waals surface area contributed by atoms with Crippen molar-refractivity contribution in [2.24, 2.45) is 0 Å². The molecule has 1 aromatic carbocycles. The first-order valence-electron chi connectivity index (χ1n) is 6.84. The van der Waals surface area contributed by atoms with E-state index in [1.807, 2.05) is 0 Å². The molecule has 0 bridgehead atoms. The second-order valence-electron chi connectivity index (χ2n) is 4.70. The number of unbranched alkanes of at least 4 members (excludes halogenated alkanes) is 1. The Bertz CT molecular complexity index is 378. The molecule has 0 spiro atoms. The third-order valence-corrected chi connectivity index (χ3v) is 3.08. The Balaban J connectivity index is 2.51. The number of rotatable bonds is 9. The van der Waals surface area contributed by atoms with Crippen LogP contribution in [0.4, 0.5) is 4.39 Å². The smallest absolute Gasteiger partial charge is 0.303 e. The van der Waals surface area contributed by atoms with Crippen LogP contribution in [0.2, 0.25) is 0 Å². The zero-order valence-corrected chi connectivity index (χ0v) is 11.4. The monoisotopic (exact) mass is 267 g/mol. The first kappa shape index (κ1) is 15.6. The van der Waals surface area contributed by atoms with E-state index in [9.17, 15) is 9.18 Å². The zero-order valence-electron chi connectivity index (χ0n) is 11.4. The molecule has 0 amide bonds. The second kappa shape index (κ2) is 8.64. The van der Waals surface area contributed by atoms with Gasteiger partial charge in [0.05, 0.1) is 0 Å². The van der Waals surface area contributed by atoms with Gasteiger partial charge in [-0.25, -0.2) is 4.39 Å². The molecule has 0 fully saturated rings. The third kappa shape index (κ3) is 6.34. The zero-order chi connectivity index (χ0) is 14.1. The van der Waals surface area contributed by atoms with E-state index in [1.54, 1.807) is 12.1 Å². The van der Waals surface area contributed by atoms with Gasteiger partial charge in [0.15, 0.2) is 0 Å². The van der Waals surface area contributed by atoms with Crippen molar-refractivity contribution in [3.8, 4) is 0 Å². The number of halogens is 1. The minimum Gasteiger partial charge on any atom is -0.481 e. The maximum atomic E-state index is 12.9. The van der Waals surface area contributed by atoms with Crippen LogP contribution in [0.25, 0.3) is 0 Å². The Labute approximate surface area is 113 Å². The molecule has 1 atom stereocenters. The van der Waals surface area contributed by atoms with Gasteiger partial charge in [0.1, 0.15) is 5.82 Å². The Morgan fingerprint density at radius 2 is 2.00 bits per heavy atom. The topological polar surface area (TPSA) is 49.3 Å². The van der Waals surface area contributed by atoms with Gasteiger partial charge in [0.25, 0.3) is 0 Å². The molecule has 1 rings (SSSR count). The number of benzene rings is 1. The van der Waals surface area contributed by atoms with Crippen molar-refractivity contribution in [3.05, 3.63) is 35.6 Å². The third-order valence-electron chi connectivity index (χ3n) is 3.08. The van der Waals surface area contributed by atoms with E-state index in [4.69, 9.17) is 5.11 Å². The highest BCUT2D eigenvalue weighted by atomic mass is 19.1. The number of hydrogen-bond donors (Lipinski definition) is 2. The fourth-order valence-electron chi connectivity index (χ4n) is 2.01. The molecule has 1 aromatic rings. The lowest BCUT2D eigenvalue weighted by Crippen LogP contribution is -2.23. The van der Waals surface area contributed by atoms with Crippen molar-refractivity contribution in [1.82, 2.24) is 5.32 Å². The van der Waals surface area contributed by atoms with Crippen LogP contribution in [0.5, 0.6) is 0 Å². The lowest BCUT2D eigenvalue weighted by atomic mass is 10.0. The van der Waals surface area contributed by atoms with Crippen molar-refractivity contribution in [2.45, 2.75) is 45.1 Å². The van der Waals surface area contributed by atoms with Crippen molar-refractivity contribution >= 4 is 5.97 Å². The normalized spacial score (nSPS) is 12.3. The summed E-state index contributed by atoms with van der Waals surface area (Å²) in [5, 5.41) is 12.0. The van der Waals surface area contributed by atoms with Crippen molar-refractivity contribution in [2.75, 3.05) is 6.54 Å². The fourth-order valence-corrected chi connectivity index (χ4v) is 2.01. The Morgan fingerprint density at radius 1 is 1.32 bits per heavy atom. The van der Waals surface area contributed by atoms with Crippen LogP contribution in [0.1, 0.15) is 50.6 Å². The minimum atomic E-state index is -0.770. The number of carbonyl (C=O) groups is 1. The van der Waals surface area contributed by atoms with E-state index in [0.29, 0.717) is 13.0 Å². The molecule has 1 unspecified atom stereocenters. The van der Waals surface area contributed by atoms with E-state index < -0.39 is 5.97 Å². The number of aliphatic carboxylic acids is 1. The van der Waals surface area contributed by atoms with Gasteiger partial charge in [-0.2, -0.15) is 0 Å². The van der Waals surface area contributed by atoms with Crippen LogP contribution < -0.4 is 5.32 Å². The first-order chi connectivity index (χ1) is 9.13. The molecular formula is C15H22FNO2. The molecule has 2 N–H and O–H groups in total. The first-order valence-corrected chi connectivity index (χ1v) is 6.84. The molecule has 19 heavy (non-hydrogen) atoms. The molecule has 0 aliphatic carbocycles. The number of carboxylic acid groups (broad SMARTS) is 1. The standard InChI is InChI=1S/C15H22FNO2/c1-2-3-5-14(17-11-4-6-15(18)19)12-7-9-13(16)10-8-12/h7-10,14,17H,2-6,11H2,1H3,(H,18,19). The van der Waals surface area contributed by atoms with Gasteiger partial charge in [0, 0.05) is 12.5 Å². The molecule has 0 saturated carbocycles. The molecule has 106 valence electrons. The van der Waals surface area contributed by atoms with Crippen LogP contribution in [0.3, 0.4) is 0 Å². The molecule has 0 aliphatic heterocycles. The number of hydrogen-bond acceptors (Lipinski definition) is 2. The van der Waals surface area contributed by atoms with E-state index >= 15 is 0 Å². The van der Waals surface area contributed by atoms with Crippen molar-refractivity contribution in [1.29, 1.82) is 0 Å². The largest absolute Gasteiger partial charge is 0.481 e. The predicted octanol–water partition coefficient (Wildman–Crippen LogP) is 3.51. The van der Waals surface area contributed by atoms with Gasteiger partial charge in [-0.3, -0.25) is 4.79 Å². The summed E-state index contributed by atoms with van der Waals surface area (Å²) in [7, 11) is 0. The summed E-state index contributed by atoms with van der Waals surface area (Å²) < 4.78 is 12.9. The van der Waals surface area contributed by atoms with Gasteiger partial charge >= 0.3 is 5.97 Å². The Hall–Kier alpha value is -1.42. The molecule has 0 aromatic heterocycles. The maximum absolute atomic E-state index is 12.9. The van der Waals surface area contributed by atoms with E-state index in [0.717, 1.165) is 24.8 Å². The van der Waals surface area contributed by atoms with Gasteiger partial charge in [0.2, 0.25) is 0 Å². The summed E-state index contributed by atoms with van der Waals surface area (Å²) in [6.45, 7) is 2.80. The van der Waals surface area contributed by atoms with Crippen molar-refractivity contribution in [3.63, 3.8) is 0 Å². The van der Waals surface area contributed by atoms with E-state index in [-0.39, 0.29) is 18.3 Å². The highest BCUT2D eigenvalue weighted by Crippen LogP contribution is 2.19. The van der Waals surface area contributed by atoms with Crippen LogP contribution in [-0.4, -0.2) is 17.6 Å². The van der Waals surface area contributed by atoms with Gasteiger partial charge in [-0.1, -0.05) is 31.9 Å². The molecular weight excluding hydrogens is 245 g/mol. The summed E-state index contributed by atoms with van der Waals surface area (Å²) in [5.41, 5.74) is 1.06. The van der Waals surface area contributed by atoms with E-state index in [2.05, 4.69) is 12.2 Å². The Kier molecular flexibility index (Phi) is 7.11. The summed E-state index contributed by atoms with van der Waals surface area (Å²) in [4.78, 5) is 10.5. The summed E-state index contributed by atoms with van der Waals surface area (Å²) in [6.07, 6.45) is 3.97. The summed E-state index contributed by atoms with van der Waals surface area (Å²) in [6, 6.07) is 6.69. The molecule has 0 saturated heterocycles.